The SMILES string of the molecule is NC(=O)OC(Cc1nnco1)c1cc(OCCCC(F)(F)F)ccc1F. The number of primary amides is 1. The van der Waals surface area contributed by atoms with Crippen LogP contribution >= 0.6 is 0 Å². The van der Waals surface area contributed by atoms with Gasteiger partial charge in [0.25, 0.3) is 0 Å². The minimum Gasteiger partial charge on any atom is -0.494 e. The highest BCUT2D eigenvalue weighted by Crippen LogP contribution is 2.28. The van der Waals surface area contributed by atoms with Crippen LogP contribution in [0.1, 0.15) is 30.4 Å². The molecule has 1 aromatic carbocycles. The lowest BCUT2D eigenvalue weighted by atomic mass is 10.1. The minimum atomic E-state index is -4.28. The topological polar surface area (TPSA) is 100 Å². The van der Waals surface area contributed by atoms with Crippen LogP contribution in [0.5, 0.6) is 5.75 Å². The van der Waals surface area contributed by atoms with Gasteiger partial charge >= 0.3 is 12.3 Å². The second-order valence-corrected chi connectivity index (χ2v) is 5.21. The molecule has 1 heterocycles. The van der Waals surface area contributed by atoms with E-state index < -0.39 is 30.6 Å². The second-order valence-electron chi connectivity index (χ2n) is 5.21. The first-order valence-electron chi connectivity index (χ1n) is 7.45. The highest BCUT2D eigenvalue weighted by Gasteiger charge is 2.26. The summed E-state index contributed by atoms with van der Waals surface area (Å²) in [5, 5.41) is 7.07. The van der Waals surface area contributed by atoms with Gasteiger partial charge < -0.3 is 19.6 Å². The Morgan fingerprint density at radius 3 is 2.73 bits per heavy atom. The average molecular weight is 377 g/mol. The van der Waals surface area contributed by atoms with Gasteiger partial charge in [-0.05, 0) is 24.6 Å². The maximum Gasteiger partial charge on any atom is 0.405 e. The van der Waals surface area contributed by atoms with E-state index >= 15 is 0 Å². The van der Waals surface area contributed by atoms with E-state index in [1.165, 1.54) is 12.1 Å². The molecule has 1 aromatic heterocycles. The summed E-state index contributed by atoms with van der Waals surface area (Å²) in [5.74, 6) is -0.530. The number of halogens is 4. The predicted octanol–water partition coefficient (Wildman–Crippen LogP) is 3.31. The Bertz CT molecular complexity index is 722. The van der Waals surface area contributed by atoms with Crippen molar-refractivity contribution >= 4 is 6.09 Å². The number of aromatic nitrogens is 2. The summed E-state index contributed by atoms with van der Waals surface area (Å²) < 4.78 is 65.5. The fourth-order valence-corrected chi connectivity index (χ4v) is 2.12. The Kier molecular flexibility index (Phi) is 6.36. The Balaban J connectivity index is 2.10. The molecule has 26 heavy (non-hydrogen) atoms. The molecular weight excluding hydrogens is 362 g/mol. The smallest absolute Gasteiger partial charge is 0.405 e. The van der Waals surface area contributed by atoms with Gasteiger partial charge in [0.1, 0.15) is 17.7 Å². The number of hydrogen-bond donors (Lipinski definition) is 1. The van der Waals surface area contributed by atoms with E-state index in [0.29, 0.717) is 0 Å². The van der Waals surface area contributed by atoms with E-state index in [0.717, 1.165) is 12.5 Å². The van der Waals surface area contributed by atoms with Crippen molar-refractivity contribution in [1.29, 1.82) is 0 Å². The van der Waals surface area contributed by atoms with Crippen molar-refractivity contribution < 1.29 is 36.2 Å². The molecule has 1 atom stereocenters. The Hall–Kier alpha value is -2.85. The number of ether oxygens (including phenoxy) is 2. The van der Waals surface area contributed by atoms with Gasteiger partial charge in [0.2, 0.25) is 12.3 Å². The summed E-state index contributed by atoms with van der Waals surface area (Å²) in [7, 11) is 0. The third-order valence-electron chi connectivity index (χ3n) is 3.21. The van der Waals surface area contributed by atoms with E-state index in [-0.39, 0.29) is 36.7 Å². The molecule has 2 rings (SSSR count). The molecule has 0 aliphatic carbocycles. The van der Waals surface area contributed by atoms with Gasteiger partial charge in [0.05, 0.1) is 13.0 Å². The number of alkyl halides is 3. The maximum atomic E-state index is 14.1. The first kappa shape index (κ1) is 19.5. The van der Waals surface area contributed by atoms with Gasteiger partial charge in [-0.15, -0.1) is 10.2 Å². The van der Waals surface area contributed by atoms with Crippen LogP contribution in [-0.2, 0) is 11.2 Å². The van der Waals surface area contributed by atoms with Gasteiger partial charge in [-0.2, -0.15) is 13.2 Å². The lowest BCUT2D eigenvalue weighted by molar-refractivity contribution is -0.136. The molecule has 0 bridgehead atoms. The van der Waals surface area contributed by atoms with Crippen LogP contribution in [-0.4, -0.2) is 29.1 Å². The second kappa shape index (κ2) is 8.50. The molecular formula is C15H15F4N3O4. The summed E-state index contributed by atoms with van der Waals surface area (Å²) in [6.45, 7) is -0.213. The normalized spacial score (nSPS) is 12.6. The van der Waals surface area contributed by atoms with Crippen LogP contribution in [0.2, 0.25) is 0 Å². The van der Waals surface area contributed by atoms with Gasteiger partial charge in [-0.1, -0.05) is 0 Å². The van der Waals surface area contributed by atoms with Gasteiger partial charge in [0.15, 0.2) is 0 Å². The summed E-state index contributed by atoms with van der Waals surface area (Å²) >= 11 is 0. The Morgan fingerprint density at radius 2 is 2.12 bits per heavy atom. The number of carbonyl (C=O) groups excluding carboxylic acids is 1. The van der Waals surface area contributed by atoms with Crippen molar-refractivity contribution in [1.82, 2.24) is 10.2 Å². The third kappa shape index (κ3) is 6.22. The molecule has 2 N–H and O–H groups in total. The number of carbonyl (C=O) groups is 1. The number of benzene rings is 1. The van der Waals surface area contributed by atoms with Crippen LogP contribution in [0.4, 0.5) is 22.4 Å². The van der Waals surface area contributed by atoms with Crippen molar-refractivity contribution in [3.8, 4) is 5.75 Å². The molecule has 0 spiro atoms. The predicted molar refractivity (Wildman–Crippen MR) is 78.6 cm³/mol. The van der Waals surface area contributed by atoms with E-state index in [2.05, 4.69) is 10.2 Å². The first-order valence-corrected chi connectivity index (χ1v) is 7.45. The number of amides is 1. The van der Waals surface area contributed by atoms with E-state index in [1.807, 2.05) is 0 Å². The quantitative estimate of drug-likeness (QED) is 0.560. The summed E-state index contributed by atoms with van der Waals surface area (Å²) in [5.41, 5.74) is 4.91. The fourth-order valence-electron chi connectivity index (χ4n) is 2.12. The van der Waals surface area contributed by atoms with Gasteiger partial charge in [0, 0.05) is 12.0 Å². The Morgan fingerprint density at radius 1 is 1.35 bits per heavy atom. The van der Waals surface area contributed by atoms with Crippen LogP contribution in [0.3, 0.4) is 0 Å². The van der Waals surface area contributed by atoms with Crippen molar-refractivity contribution in [2.75, 3.05) is 6.61 Å². The number of nitrogens with two attached hydrogens (primary N) is 1. The molecule has 0 aliphatic heterocycles. The van der Waals surface area contributed by atoms with Crippen LogP contribution in [0, 0.1) is 5.82 Å². The first-order chi connectivity index (χ1) is 12.2. The van der Waals surface area contributed by atoms with Crippen LogP contribution in [0.25, 0.3) is 0 Å². The molecule has 0 fully saturated rings. The van der Waals surface area contributed by atoms with Gasteiger partial charge in [-0.3, -0.25) is 0 Å². The molecule has 0 saturated carbocycles. The van der Waals surface area contributed by atoms with E-state index in [9.17, 15) is 22.4 Å². The largest absolute Gasteiger partial charge is 0.494 e. The van der Waals surface area contributed by atoms with E-state index in [1.54, 1.807) is 0 Å². The third-order valence-corrected chi connectivity index (χ3v) is 3.21. The summed E-state index contributed by atoms with van der Waals surface area (Å²) in [6, 6.07) is 3.51. The monoisotopic (exact) mass is 377 g/mol. The molecule has 2 aromatic rings. The van der Waals surface area contributed by atoms with Crippen molar-refractivity contribution in [3.63, 3.8) is 0 Å². The molecule has 1 unspecified atom stereocenters. The van der Waals surface area contributed by atoms with Gasteiger partial charge in [-0.25, -0.2) is 9.18 Å². The molecule has 0 radical (unpaired) electrons. The highest BCUT2D eigenvalue weighted by atomic mass is 19.4. The fraction of sp³-hybridized carbons (Fsp3) is 0.400. The van der Waals surface area contributed by atoms with E-state index in [4.69, 9.17) is 19.6 Å². The zero-order valence-electron chi connectivity index (χ0n) is 13.3. The zero-order chi connectivity index (χ0) is 19.2. The molecule has 1 amide bonds. The molecule has 0 aliphatic rings. The maximum absolute atomic E-state index is 14.1. The minimum absolute atomic E-state index is 0.0761. The zero-order valence-corrected chi connectivity index (χ0v) is 13.3. The van der Waals surface area contributed by atoms with Crippen LogP contribution in [0.15, 0.2) is 29.0 Å². The van der Waals surface area contributed by atoms with Crippen molar-refractivity contribution in [3.05, 3.63) is 41.9 Å². The van der Waals surface area contributed by atoms with Crippen LogP contribution < -0.4 is 10.5 Å². The molecule has 11 heteroatoms. The Labute approximate surface area is 145 Å². The summed E-state index contributed by atoms with van der Waals surface area (Å²) in [6.07, 6.45) is -6.94. The summed E-state index contributed by atoms with van der Waals surface area (Å²) in [4.78, 5) is 11.1. The van der Waals surface area contributed by atoms with Crippen molar-refractivity contribution in [2.24, 2.45) is 5.73 Å². The molecule has 7 nitrogen and oxygen atoms in total. The number of hydrogen-bond acceptors (Lipinski definition) is 6. The lowest BCUT2D eigenvalue weighted by Crippen LogP contribution is -2.20. The standard InChI is InChI=1S/C15H15F4N3O4/c16-11-3-2-9(24-5-1-4-15(17,18)19)6-10(11)12(26-14(20)23)7-13-22-21-8-25-13/h2-3,6,8,12H,1,4-5,7H2,(H2,20,23). The number of rotatable bonds is 8. The lowest BCUT2D eigenvalue weighted by Gasteiger charge is -2.17. The molecule has 142 valence electrons. The number of nitrogens with zero attached hydrogens (tertiary/aromatic N) is 2. The highest BCUT2D eigenvalue weighted by molar-refractivity contribution is 5.65. The van der Waals surface area contributed by atoms with Crippen molar-refractivity contribution in [2.45, 2.75) is 31.5 Å². The molecule has 0 saturated heterocycles. The average Bonchev–Trinajstić information content (AvgIpc) is 3.04.